The summed E-state index contributed by atoms with van der Waals surface area (Å²) in [7, 11) is 0. The topological polar surface area (TPSA) is 20.2 Å². The molecule has 0 saturated carbocycles. The maximum absolute atomic E-state index is 10.1. The maximum Gasteiger partial charge on any atom is 0.0801 e. The molecule has 3 heteroatoms. The van der Waals surface area contributed by atoms with Gasteiger partial charge in [0.15, 0.2) is 0 Å². The fraction of sp³-hybridized carbons (Fsp3) is 0.538. The Morgan fingerprint density at radius 2 is 1.88 bits per heavy atom. The Kier molecular flexibility index (Phi) is 6.01. The average Bonchev–Trinajstić information content (AvgIpc) is 2.16. The molecule has 1 rings (SSSR count). The van der Waals surface area contributed by atoms with Crippen LogP contribution in [0.25, 0.3) is 0 Å². The molecule has 1 aromatic rings. The molecule has 16 heavy (non-hydrogen) atoms. The molecule has 1 N–H and O–H groups in total. The Morgan fingerprint density at radius 3 is 2.44 bits per heavy atom. The minimum atomic E-state index is -0.360. The summed E-state index contributed by atoms with van der Waals surface area (Å²) in [4.78, 5) is 0. The van der Waals surface area contributed by atoms with Crippen LogP contribution in [-0.4, -0.2) is 5.11 Å². The van der Waals surface area contributed by atoms with Gasteiger partial charge in [-0.25, -0.2) is 0 Å². The molecule has 1 aromatic carbocycles. The van der Waals surface area contributed by atoms with Crippen LogP contribution in [0.1, 0.15) is 44.8 Å². The molecule has 1 nitrogen and oxygen atoms in total. The highest BCUT2D eigenvalue weighted by Crippen LogP contribution is 2.29. The molecule has 0 amide bonds. The Morgan fingerprint density at radius 1 is 1.19 bits per heavy atom. The Labute approximate surface area is 115 Å². The summed E-state index contributed by atoms with van der Waals surface area (Å²) in [5, 5.41) is 10.1. The minimum absolute atomic E-state index is 0.360. The molecular formula is C13H18Br2O. The molecule has 1 atom stereocenters. The lowest BCUT2D eigenvalue weighted by atomic mass is 10.0. The van der Waals surface area contributed by atoms with E-state index in [2.05, 4.69) is 45.7 Å². The van der Waals surface area contributed by atoms with Crippen molar-refractivity contribution in [3.8, 4) is 0 Å². The Bertz CT molecular complexity index is 337. The van der Waals surface area contributed by atoms with Gasteiger partial charge in [-0.05, 0) is 30.0 Å². The standard InChI is InChI=1S/C13H18Br2O/c1-9(2)4-3-5-13(16)11-7-6-10(14)8-12(11)15/h6-9,13,16H,3-5H2,1-2H3. The van der Waals surface area contributed by atoms with Crippen LogP contribution in [0.2, 0.25) is 0 Å². The molecular weight excluding hydrogens is 332 g/mol. The molecule has 0 heterocycles. The van der Waals surface area contributed by atoms with Gasteiger partial charge in [0.2, 0.25) is 0 Å². The largest absolute Gasteiger partial charge is 0.388 e. The molecule has 0 bridgehead atoms. The monoisotopic (exact) mass is 348 g/mol. The summed E-state index contributed by atoms with van der Waals surface area (Å²) in [6.07, 6.45) is 2.71. The van der Waals surface area contributed by atoms with Crippen LogP contribution < -0.4 is 0 Å². The first-order valence-electron chi connectivity index (χ1n) is 5.63. The van der Waals surface area contributed by atoms with Gasteiger partial charge in [-0.1, -0.05) is 64.6 Å². The normalized spacial score (nSPS) is 13.1. The summed E-state index contributed by atoms with van der Waals surface area (Å²) in [6, 6.07) is 5.90. The molecule has 0 radical (unpaired) electrons. The molecule has 0 fully saturated rings. The van der Waals surface area contributed by atoms with Gasteiger partial charge < -0.3 is 5.11 Å². The molecule has 1 unspecified atom stereocenters. The third-order valence-corrected chi connectivity index (χ3v) is 3.76. The van der Waals surface area contributed by atoms with Crippen molar-refractivity contribution in [3.63, 3.8) is 0 Å². The third-order valence-electron chi connectivity index (χ3n) is 2.58. The van der Waals surface area contributed by atoms with Crippen molar-refractivity contribution in [2.75, 3.05) is 0 Å². The van der Waals surface area contributed by atoms with Gasteiger partial charge in [0.1, 0.15) is 0 Å². The van der Waals surface area contributed by atoms with Gasteiger partial charge in [-0.3, -0.25) is 0 Å². The van der Waals surface area contributed by atoms with Gasteiger partial charge in [-0.2, -0.15) is 0 Å². The average molecular weight is 350 g/mol. The number of aliphatic hydroxyl groups excluding tert-OH is 1. The molecule has 0 aliphatic heterocycles. The molecule has 0 saturated heterocycles. The number of benzene rings is 1. The lowest BCUT2D eigenvalue weighted by Gasteiger charge is -2.13. The highest BCUT2D eigenvalue weighted by atomic mass is 79.9. The smallest absolute Gasteiger partial charge is 0.0801 e. The highest BCUT2D eigenvalue weighted by Gasteiger charge is 2.11. The number of hydrogen-bond acceptors (Lipinski definition) is 1. The van der Waals surface area contributed by atoms with Crippen molar-refractivity contribution in [1.82, 2.24) is 0 Å². The second-order valence-corrected chi connectivity index (χ2v) is 6.28. The van der Waals surface area contributed by atoms with Gasteiger partial charge in [0.25, 0.3) is 0 Å². The van der Waals surface area contributed by atoms with Crippen molar-refractivity contribution < 1.29 is 5.11 Å². The number of rotatable bonds is 5. The van der Waals surface area contributed by atoms with E-state index in [4.69, 9.17) is 0 Å². The minimum Gasteiger partial charge on any atom is -0.388 e. The number of aliphatic hydroxyl groups is 1. The zero-order valence-corrected chi connectivity index (χ0v) is 12.9. The zero-order chi connectivity index (χ0) is 12.1. The van der Waals surface area contributed by atoms with E-state index in [0.29, 0.717) is 5.92 Å². The quantitative estimate of drug-likeness (QED) is 0.786. The van der Waals surface area contributed by atoms with E-state index in [1.807, 2.05) is 18.2 Å². The predicted octanol–water partition coefficient (Wildman–Crippen LogP) is 5.07. The van der Waals surface area contributed by atoms with E-state index >= 15 is 0 Å². The summed E-state index contributed by atoms with van der Waals surface area (Å²) < 4.78 is 2.00. The van der Waals surface area contributed by atoms with Gasteiger partial charge >= 0.3 is 0 Å². The van der Waals surface area contributed by atoms with Crippen LogP contribution in [0.3, 0.4) is 0 Å². The summed E-state index contributed by atoms with van der Waals surface area (Å²) in [6.45, 7) is 4.42. The lowest BCUT2D eigenvalue weighted by molar-refractivity contribution is 0.161. The van der Waals surface area contributed by atoms with Crippen molar-refractivity contribution in [2.45, 2.75) is 39.2 Å². The number of hydrogen-bond donors (Lipinski definition) is 1. The SMILES string of the molecule is CC(C)CCCC(O)c1ccc(Br)cc1Br. The van der Waals surface area contributed by atoms with E-state index in [1.54, 1.807) is 0 Å². The van der Waals surface area contributed by atoms with Crippen LogP contribution in [0, 0.1) is 5.92 Å². The van der Waals surface area contributed by atoms with Crippen molar-refractivity contribution >= 4 is 31.9 Å². The second-order valence-electron chi connectivity index (χ2n) is 4.51. The molecule has 0 aromatic heterocycles. The maximum atomic E-state index is 10.1. The van der Waals surface area contributed by atoms with Crippen molar-refractivity contribution in [3.05, 3.63) is 32.7 Å². The first kappa shape index (κ1) is 14.2. The van der Waals surface area contributed by atoms with Gasteiger partial charge in [-0.15, -0.1) is 0 Å². The lowest BCUT2D eigenvalue weighted by Crippen LogP contribution is -1.99. The summed E-state index contributed by atoms with van der Waals surface area (Å²) in [5.41, 5.74) is 0.979. The first-order valence-corrected chi connectivity index (χ1v) is 7.22. The number of halogens is 2. The molecule has 0 spiro atoms. The van der Waals surface area contributed by atoms with E-state index in [9.17, 15) is 5.11 Å². The van der Waals surface area contributed by atoms with Gasteiger partial charge in [0.05, 0.1) is 6.10 Å². The highest BCUT2D eigenvalue weighted by molar-refractivity contribution is 9.11. The first-order chi connectivity index (χ1) is 7.50. The fourth-order valence-corrected chi connectivity index (χ4v) is 2.96. The summed E-state index contributed by atoms with van der Waals surface area (Å²) in [5.74, 6) is 0.709. The van der Waals surface area contributed by atoms with E-state index < -0.39 is 0 Å². The van der Waals surface area contributed by atoms with Crippen molar-refractivity contribution in [1.29, 1.82) is 0 Å². The van der Waals surface area contributed by atoms with Crippen LogP contribution in [0.5, 0.6) is 0 Å². The van der Waals surface area contributed by atoms with E-state index in [-0.39, 0.29) is 6.10 Å². The molecule has 0 aliphatic carbocycles. The van der Waals surface area contributed by atoms with Crippen LogP contribution in [-0.2, 0) is 0 Å². The predicted molar refractivity (Wildman–Crippen MR) is 75.5 cm³/mol. The fourth-order valence-electron chi connectivity index (χ4n) is 1.65. The Balaban J connectivity index is 2.55. The van der Waals surface area contributed by atoms with Crippen LogP contribution in [0.15, 0.2) is 27.1 Å². The second kappa shape index (κ2) is 6.77. The zero-order valence-electron chi connectivity index (χ0n) is 9.71. The van der Waals surface area contributed by atoms with Crippen molar-refractivity contribution in [2.24, 2.45) is 5.92 Å². The third kappa shape index (κ3) is 4.56. The van der Waals surface area contributed by atoms with Crippen LogP contribution in [0.4, 0.5) is 0 Å². The molecule has 90 valence electrons. The van der Waals surface area contributed by atoms with E-state index in [1.165, 1.54) is 6.42 Å². The van der Waals surface area contributed by atoms with E-state index in [0.717, 1.165) is 27.4 Å². The summed E-state index contributed by atoms with van der Waals surface area (Å²) >= 11 is 6.88. The Hall–Kier alpha value is 0.140. The molecule has 0 aliphatic rings. The van der Waals surface area contributed by atoms with Crippen LogP contribution >= 0.6 is 31.9 Å². The van der Waals surface area contributed by atoms with Gasteiger partial charge in [0, 0.05) is 8.95 Å².